The summed E-state index contributed by atoms with van der Waals surface area (Å²) >= 11 is 0. The van der Waals surface area contributed by atoms with Crippen LogP contribution in [0.5, 0.6) is 0 Å². The molecule has 2 unspecified atom stereocenters. The maximum absolute atomic E-state index is 9.88. The van der Waals surface area contributed by atoms with E-state index in [1.165, 1.54) is 6.42 Å². The number of aliphatic hydroxyl groups is 1. The summed E-state index contributed by atoms with van der Waals surface area (Å²) in [6.07, 6.45) is 4.31. The van der Waals surface area contributed by atoms with E-state index in [9.17, 15) is 5.11 Å². The molecule has 2 rings (SSSR count). The summed E-state index contributed by atoms with van der Waals surface area (Å²) in [4.78, 5) is 7.13. The average molecular weight is 395 g/mol. The van der Waals surface area contributed by atoms with Crippen molar-refractivity contribution in [3.63, 3.8) is 0 Å². The monoisotopic (exact) mass is 395 g/mol. The van der Waals surface area contributed by atoms with E-state index in [1.54, 1.807) is 0 Å². The van der Waals surface area contributed by atoms with Crippen LogP contribution < -0.4 is 5.32 Å². The number of nitrogens with one attached hydrogen (secondary N) is 1. The number of aliphatic imine (C=N–C) groups is 1. The highest BCUT2D eigenvalue weighted by Gasteiger charge is 2.31. The van der Waals surface area contributed by atoms with Crippen molar-refractivity contribution < 1.29 is 5.11 Å². The van der Waals surface area contributed by atoms with Crippen molar-refractivity contribution in [2.75, 3.05) is 26.2 Å². The molecule has 2 aliphatic rings. The van der Waals surface area contributed by atoms with Crippen LogP contribution in [0.15, 0.2) is 4.99 Å². The number of hydrogen-bond donors (Lipinski definition) is 2. The lowest BCUT2D eigenvalue weighted by atomic mass is 9.93. The minimum atomic E-state index is -0.137. The Balaban J connectivity index is 0.00000200. The summed E-state index contributed by atoms with van der Waals surface area (Å²) in [6, 6.07) is 0. The molecule has 0 amide bonds. The van der Waals surface area contributed by atoms with Gasteiger partial charge in [0.1, 0.15) is 0 Å². The van der Waals surface area contributed by atoms with E-state index >= 15 is 0 Å². The fourth-order valence-electron chi connectivity index (χ4n) is 3.15. The van der Waals surface area contributed by atoms with E-state index < -0.39 is 0 Å². The van der Waals surface area contributed by atoms with Crippen molar-refractivity contribution in [3.8, 4) is 0 Å². The molecule has 0 radical (unpaired) electrons. The SMILES string of the molecule is CCNC(=NCC1CCCC1O)N1CCC(C)(C)C1.I. The zero-order valence-electron chi connectivity index (χ0n) is 13.1. The minimum Gasteiger partial charge on any atom is -0.393 e. The van der Waals surface area contributed by atoms with Gasteiger partial charge in [-0.2, -0.15) is 0 Å². The highest BCUT2D eigenvalue weighted by molar-refractivity contribution is 14.0. The summed E-state index contributed by atoms with van der Waals surface area (Å²) < 4.78 is 0. The zero-order valence-corrected chi connectivity index (χ0v) is 15.4. The highest BCUT2D eigenvalue weighted by Crippen LogP contribution is 2.29. The molecule has 0 aromatic rings. The predicted molar refractivity (Wildman–Crippen MR) is 94.7 cm³/mol. The van der Waals surface area contributed by atoms with Gasteiger partial charge in [0.25, 0.3) is 0 Å². The first-order valence-corrected chi connectivity index (χ1v) is 7.73. The zero-order chi connectivity index (χ0) is 13.9. The lowest BCUT2D eigenvalue weighted by Crippen LogP contribution is -2.41. The first-order chi connectivity index (χ1) is 9.02. The maximum Gasteiger partial charge on any atom is 0.193 e. The number of rotatable bonds is 3. The Morgan fingerprint density at radius 1 is 1.40 bits per heavy atom. The van der Waals surface area contributed by atoms with Crippen LogP contribution in [0.3, 0.4) is 0 Å². The minimum absolute atomic E-state index is 0. The quantitative estimate of drug-likeness (QED) is 0.439. The standard InChI is InChI=1S/C15H29N3O.HI/c1-4-16-14(18-9-8-15(2,3)11-18)17-10-12-6-5-7-13(12)19;/h12-13,19H,4-11H2,1-3H3,(H,16,17);1H. The van der Waals surface area contributed by atoms with E-state index in [-0.39, 0.29) is 30.1 Å². The van der Waals surface area contributed by atoms with Gasteiger partial charge in [-0.05, 0) is 31.6 Å². The fraction of sp³-hybridized carbons (Fsp3) is 0.933. The second kappa shape index (κ2) is 7.82. The fourth-order valence-corrected chi connectivity index (χ4v) is 3.15. The lowest BCUT2D eigenvalue weighted by molar-refractivity contribution is 0.136. The van der Waals surface area contributed by atoms with Gasteiger partial charge >= 0.3 is 0 Å². The topological polar surface area (TPSA) is 47.9 Å². The van der Waals surface area contributed by atoms with Crippen LogP contribution in [0.2, 0.25) is 0 Å². The largest absolute Gasteiger partial charge is 0.393 e. The Labute approximate surface area is 140 Å². The van der Waals surface area contributed by atoms with Gasteiger partial charge in [0, 0.05) is 32.1 Å². The Bertz CT molecular complexity index is 333. The van der Waals surface area contributed by atoms with Crippen molar-refractivity contribution in [1.29, 1.82) is 0 Å². The van der Waals surface area contributed by atoms with Gasteiger partial charge in [0.15, 0.2) is 5.96 Å². The molecule has 0 aromatic carbocycles. The molecular formula is C15H30IN3O. The molecule has 1 aliphatic carbocycles. The van der Waals surface area contributed by atoms with Gasteiger partial charge in [-0.15, -0.1) is 24.0 Å². The van der Waals surface area contributed by atoms with Gasteiger partial charge in [-0.3, -0.25) is 4.99 Å². The smallest absolute Gasteiger partial charge is 0.193 e. The molecule has 1 heterocycles. The summed E-state index contributed by atoms with van der Waals surface area (Å²) in [6.45, 7) is 10.6. The van der Waals surface area contributed by atoms with Crippen LogP contribution in [0.1, 0.15) is 46.5 Å². The van der Waals surface area contributed by atoms with Gasteiger partial charge in [0.2, 0.25) is 0 Å². The summed E-state index contributed by atoms with van der Waals surface area (Å²) in [5, 5.41) is 13.3. The third-order valence-electron chi connectivity index (χ3n) is 4.41. The van der Waals surface area contributed by atoms with E-state index in [2.05, 4.69) is 31.0 Å². The molecule has 118 valence electrons. The molecule has 1 saturated carbocycles. The highest BCUT2D eigenvalue weighted by atomic mass is 127. The molecule has 2 N–H and O–H groups in total. The Kier molecular flexibility index (Phi) is 7.04. The molecule has 0 spiro atoms. The van der Waals surface area contributed by atoms with Crippen molar-refractivity contribution in [3.05, 3.63) is 0 Å². The van der Waals surface area contributed by atoms with Crippen LogP contribution in [0.25, 0.3) is 0 Å². The van der Waals surface area contributed by atoms with Crippen LogP contribution in [0, 0.1) is 11.3 Å². The number of aliphatic hydroxyl groups excluding tert-OH is 1. The van der Waals surface area contributed by atoms with Crippen molar-refractivity contribution in [2.24, 2.45) is 16.3 Å². The Hall–Kier alpha value is -0.0400. The second-order valence-electron chi connectivity index (χ2n) is 6.79. The first kappa shape index (κ1) is 18.0. The lowest BCUT2D eigenvalue weighted by Gasteiger charge is -2.24. The molecule has 2 atom stereocenters. The Morgan fingerprint density at radius 2 is 2.15 bits per heavy atom. The van der Waals surface area contributed by atoms with Crippen LogP contribution in [-0.2, 0) is 0 Å². The molecule has 1 saturated heterocycles. The molecule has 0 aromatic heterocycles. The van der Waals surface area contributed by atoms with Crippen LogP contribution in [0.4, 0.5) is 0 Å². The molecular weight excluding hydrogens is 365 g/mol. The third kappa shape index (κ3) is 4.76. The number of halogens is 1. The molecule has 4 nitrogen and oxygen atoms in total. The average Bonchev–Trinajstić information content (AvgIpc) is 2.91. The van der Waals surface area contributed by atoms with Gasteiger partial charge < -0.3 is 15.3 Å². The maximum atomic E-state index is 9.88. The first-order valence-electron chi connectivity index (χ1n) is 7.73. The number of hydrogen-bond acceptors (Lipinski definition) is 2. The second-order valence-corrected chi connectivity index (χ2v) is 6.79. The summed E-state index contributed by atoms with van der Waals surface area (Å²) in [5.74, 6) is 1.40. The van der Waals surface area contributed by atoms with Crippen LogP contribution >= 0.6 is 24.0 Å². The normalized spacial score (nSPS) is 29.4. The van der Waals surface area contributed by atoms with Crippen molar-refractivity contribution in [1.82, 2.24) is 10.2 Å². The third-order valence-corrected chi connectivity index (χ3v) is 4.41. The molecule has 20 heavy (non-hydrogen) atoms. The van der Waals surface area contributed by atoms with Gasteiger partial charge in [0.05, 0.1) is 6.10 Å². The summed E-state index contributed by atoms with van der Waals surface area (Å²) in [5.41, 5.74) is 0.392. The predicted octanol–water partition coefficient (Wildman–Crippen LogP) is 2.46. The van der Waals surface area contributed by atoms with E-state index in [1.807, 2.05) is 0 Å². The van der Waals surface area contributed by atoms with E-state index in [0.717, 1.165) is 51.4 Å². The van der Waals surface area contributed by atoms with E-state index in [4.69, 9.17) is 4.99 Å². The molecule has 5 heteroatoms. The van der Waals surface area contributed by atoms with Crippen molar-refractivity contribution in [2.45, 2.75) is 52.6 Å². The number of likely N-dealkylation sites (tertiary alicyclic amines) is 1. The molecule has 1 aliphatic heterocycles. The van der Waals surface area contributed by atoms with Crippen LogP contribution in [-0.4, -0.2) is 48.2 Å². The Morgan fingerprint density at radius 3 is 2.65 bits per heavy atom. The van der Waals surface area contributed by atoms with E-state index in [0.29, 0.717) is 11.3 Å². The number of guanidine groups is 1. The van der Waals surface area contributed by atoms with Gasteiger partial charge in [-0.1, -0.05) is 20.3 Å². The van der Waals surface area contributed by atoms with Gasteiger partial charge in [-0.25, -0.2) is 0 Å². The van der Waals surface area contributed by atoms with Crippen molar-refractivity contribution >= 4 is 29.9 Å². The summed E-state index contributed by atoms with van der Waals surface area (Å²) in [7, 11) is 0. The number of nitrogens with zero attached hydrogens (tertiary/aromatic N) is 2. The molecule has 2 fully saturated rings. The molecule has 0 bridgehead atoms.